The summed E-state index contributed by atoms with van der Waals surface area (Å²) in [6, 6.07) is 7.14. The van der Waals surface area contributed by atoms with Crippen LogP contribution >= 0.6 is 11.6 Å². The van der Waals surface area contributed by atoms with Gasteiger partial charge in [-0.05, 0) is 24.3 Å². The van der Waals surface area contributed by atoms with Crippen LogP contribution in [0.2, 0.25) is 5.15 Å². The largest absolute Gasteiger partial charge is 0.496 e. The Kier molecular flexibility index (Phi) is 4.34. The average molecular weight is 308 g/mol. The number of benzene rings is 1. The molecule has 2 rings (SSSR count). The Balaban J connectivity index is 2.33. The van der Waals surface area contributed by atoms with Crippen molar-refractivity contribution < 1.29 is 14.5 Å². The number of halogens is 1. The van der Waals surface area contributed by atoms with E-state index in [-0.39, 0.29) is 22.1 Å². The highest BCUT2D eigenvalue weighted by Crippen LogP contribution is 2.29. The van der Waals surface area contributed by atoms with Gasteiger partial charge in [-0.25, -0.2) is 4.98 Å². The summed E-state index contributed by atoms with van der Waals surface area (Å²) in [6.07, 6.45) is 1.44. The Hall–Kier alpha value is -2.67. The molecule has 0 aliphatic carbocycles. The van der Waals surface area contributed by atoms with Gasteiger partial charge >= 0.3 is 0 Å². The van der Waals surface area contributed by atoms with E-state index in [1.54, 1.807) is 6.07 Å². The van der Waals surface area contributed by atoms with E-state index in [0.29, 0.717) is 5.75 Å². The monoisotopic (exact) mass is 307 g/mol. The topological polar surface area (TPSA) is 94.4 Å². The van der Waals surface area contributed by atoms with E-state index in [0.717, 1.165) is 0 Å². The van der Waals surface area contributed by atoms with Crippen LogP contribution in [0.15, 0.2) is 36.5 Å². The molecule has 1 N–H and O–H groups in total. The standard InChI is InChI=1S/C13H10ClN3O4/c1-21-8-4-5-10(11(7-8)17(19)20)16-13(18)9-3-2-6-15-12(9)14/h2-7H,1H3,(H,16,18). The number of amides is 1. The van der Waals surface area contributed by atoms with Crippen LogP contribution in [0, 0.1) is 10.1 Å². The first-order chi connectivity index (χ1) is 10.0. The molecule has 1 heterocycles. The fourth-order valence-corrected chi connectivity index (χ4v) is 1.85. The lowest BCUT2D eigenvalue weighted by Gasteiger charge is -2.08. The van der Waals surface area contributed by atoms with E-state index in [9.17, 15) is 14.9 Å². The van der Waals surface area contributed by atoms with Crippen LogP contribution in [0.5, 0.6) is 5.75 Å². The van der Waals surface area contributed by atoms with Crippen molar-refractivity contribution in [2.75, 3.05) is 12.4 Å². The maximum absolute atomic E-state index is 12.1. The molecule has 0 bridgehead atoms. The SMILES string of the molecule is COc1ccc(NC(=O)c2cccnc2Cl)c([N+](=O)[O-])c1. The highest BCUT2D eigenvalue weighted by atomic mass is 35.5. The molecular formula is C13H10ClN3O4. The zero-order valence-corrected chi connectivity index (χ0v) is 11.6. The lowest BCUT2D eigenvalue weighted by molar-refractivity contribution is -0.384. The number of hydrogen-bond donors (Lipinski definition) is 1. The molecule has 0 fully saturated rings. The zero-order chi connectivity index (χ0) is 15.4. The summed E-state index contributed by atoms with van der Waals surface area (Å²) in [5.41, 5.74) is -0.0993. The lowest BCUT2D eigenvalue weighted by Crippen LogP contribution is -2.14. The predicted molar refractivity (Wildman–Crippen MR) is 76.8 cm³/mol. The number of aromatic nitrogens is 1. The van der Waals surface area contributed by atoms with Crippen LogP contribution in [0.25, 0.3) is 0 Å². The smallest absolute Gasteiger partial charge is 0.296 e. The van der Waals surface area contributed by atoms with Crippen LogP contribution in [-0.2, 0) is 0 Å². The molecule has 1 aromatic heterocycles. The molecule has 0 saturated heterocycles. The second kappa shape index (κ2) is 6.19. The minimum atomic E-state index is -0.608. The molecule has 1 amide bonds. The van der Waals surface area contributed by atoms with Gasteiger partial charge < -0.3 is 10.1 Å². The van der Waals surface area contributed by atoms with Crippen LogP contribution in [0.3, 0.4) is 0 Å². The molecule has 0 atom stereocenters. The maximum Gasteiger partial charge on any atom is 0.296 e. The number of nitrogens with zero attached hydrogens (tertiary/aromatic N) is 2. The third-order valence-corrected chi connectivity index (χ3v) is 2.95. The van der Waals surface area contributed by atoms with Crippen LogP contribution in [-0.4, -0.2) is 22.9 Å². The molecule has 21 heavy (non-hydrogen) atoms. The maximum atomic E-state index is 12.1. The van der Waals surface area contributed by atoms with Gasteiger partial charge in [0, 0.05) is 6.20 Å². The van der Waals surface area contributed by atoms with Crippen molar-refractivity contribution in [3.63, 3.8) is 0 Å². The van der Waals surface area contributed by atoms with Crippen molar-refractivity contribution in [3.05, 3.63) is 57.4 Å². The minimum Gasteiger partial charge on any atom is -0.496 e. The van der Waals surface area contributed by atoms with E-state index in [1.165, 1.54) is 37.6 Å². The first kappa shape index (κ1) is 14.7. The molecule has 2 aromatic rings. The Morgan fingerprint density at radius 3 is 2.81 bits per heavy atom. The molecule has 8 heteroatoms. The third kappa shape index (κ3) is 3.26. The van der Waals surface area contributed by atoms with Gasteiger partial charge in [0.2, 0.25) is 0 Å². The molecule has 1 aromatic carbocycles. The van der Waals surface area contributed by atoms with Gasteiger partial charge in [0.05, 0.1) is 23.7 Å². The normalized spacial score (nSPS) is 10.0. The molecule has 0 unspecified atom stereocenters. The third-order valence-electron chi connectivity index (χ3n) is 2.65. The number of nitro groups is 1. The quantitative estimate of drug-likeness (QED) is 0.532. The predicted octanol–water partition coefficient (Wildman–Crippen LogP) is 2.90. The highest BCUT2D eigenvalue weighted by molar-refractivity contribution is 6.33. The first-order valence-corrected chi connectivity index (χ1v) is 6.15. The van der Waals surface area contributed by atoms with Crippen LogP contribution in [0.4, 0.5) is 11.4 Å². The van der Waals surface area contributed by atoms with Crippen molar-refractivity contribution in [1.29, 1.82) is 0 Å². The number of hydrogen-bond acceptors (Lipinski definition) is 5. The molecule has 108 valence electrons. The minimum absolute atomic E-state index is 0.0196. The summed E-state index contributed by atoms with van der Waals surface area (Å²) in [4.78, 5) is 26.3. The number of rotatable bonds is 4. The van der Waals surface area contributed by atoms with E-state index in [4.69, 9.17) is 16.3 Å². The van der Waals surface area contributed by atoms with Crippen molar-refractivity contribution >= 4 is 28.9 Å². The number of pyridine rings is 1. The Morgan fingerprint density at radius 2 is 2.19 bits per heavy atom. The molecule has 0 aliphatic heterocycles. The summed E-state index contributed by atoms with van der Waals surface area (Å²) in [7, 11) is 1.40. The van der Waals surface area contributed by atoms with E-state index in [2.05, 4.69) is 10.3 Å². The van der Waals surface area contributed by atoms with Crippen LogP contribution < -0.4 is 10.1 Å². The number of nitro benzene ring substituents is 1. The van der Waals surface area contributed by atoms with Gasteiger partial charge in [0.1, 0.15) is 16.6 Å². The Bertz CT molecular complexity index is 706. The zero-order valence-electron chi connectivity index (χ0n) is 10.9. The van der Waals surface area contributed by atoms with Crippen molar-refractivity contribution in [2.24, 2.45) is 0 Å². The van der Waals surface area contributed by atoms with Gasteiger partial charge in [-0.15, -0.1) is 0 Å². The van der Waals surface area contributed by atoms with Gasteiger partial charge in [-0.2, -0.15) is 0 Å². The molecular weight excluding hydrogens is 298 g/mol. The number of carbonyl (C=O) groups excluding carboxylic acids is 1. The van der Waals surface area contributed by atoms with Crippen molar-refractivity contribution in [1.82, 2.24) is 4.98 Å². The molecule has 0 spiro atoms. The molecule has 0 radical (unpaired) electrons. The van der Waals surface area contributed by atoms with E-state index < -0.39 is 10.8 Å². The second-order valence-electron chi connectivity index (χ2n) is 3.94. The Morgan fingerprint density at radius 1 is 1.43 bits per heavy atom. The number of ether oxygens (including phenoxy) is 1. The number of anilines is 1. The van der Waals surface area contributed by atoms with Crippen molar-refractivity contribution in [3.8, 4) is 5.75 Å². The summed E-state index contributed by atoms with van der Waals surface area (Å²) >= 11 is 5.81. The fourth-order valence-electron chi connectivity index (χ4n) is 1.64. The van der Waals surface area contributed by atoms with Gasteiger partial charge in [0.15, 0.2) is 0 Å². The van der Waals surface area contributed by atoms with Crippen molar-refractivity contribution in [2.45, 2.75) is 0 Å². The number of carbonyl (C=O) groups is 1. The molecule has 7 nitrogen and oxygen atoms in total. The fraction of sp³-hybridized carbons (Fsp3) is 0.0769. The summed E-state index contributed by atoms with van der Waals surface area (Å²) in [5, 5.41) is 13.5. The highest BCUT2D eigenvalue weighted by Gasteiger charge is 2.19. The van der Waals surface area contributed by atoms with Crippen LogP contribution in [0.1, 0.15) is 10.4 Å². The molecule has 0 aliphatic rings. The lowest BCUT2D eigenvalue weighted by atomic mass is 10.2. The second-order valence-corrected chi connectivity index (χ2v) is 4.29. The Labute approximate surface area is 124 Å². The molecule has 0 saturated carbocycles. The van der Waals surface area contributed by atoms with E-state index in [1.807, 2.05) is 0 Å². The summed E-state index contributed by atoms with van der Waals surface area (Å²) < 4.78 is 4.92. The number of methoxy groups -OCH3 is 1. The van der Waals surface area contributed by atoms with Gasteiger partial charge in [0.25, 0.3) is 11.6 Å². The average Bonchev–Trinajstić information content (AvgIpc) is 2.47. The first-order valence-electron chi connectivity index (χ1n) is 5.77. The van der Waals surface area contributed by atoms with Gasteiger partial charge in [-0.3, -0.25) is 14.9 Å². The van der Waals surface area contributed by atoms with Gasteiger partial charge in [-0.1, -0.05) is 11.6 Å². The summed E-state index contributed by atoms with van der Waals surface area (Å²) in [6.45, 7) is 0. The summed E-state index contributed by atoms with van der Waals surface area (Å²) in [5.74, 6) is -0.263. The number of nitrogens with one attached hydrogen (secondary N) is 1. The van der Waals surface area contributed by atoms with E-state index >= 15 is 0 Å².